The molecule has 0 spiro atoms. The molecule has 1 heterocycles. The number of aliphatic hydroxyl groups is 2. The fourth-order valence-electron chi connectivity index (χ4n) is 9.30. The first-order valence-electron chi connectivity index (χ1n) is 29.7. The Morgan fingerprint density at radius 2 is 1.12 bits per heavy atom. The van der Waals surface area contributed by atoms with Gasteiger partial charge in [-0.3, -0.25) is 52.7 Å². The fraction of sp³-hybridized carbons (Fsp3) is 0.810. The number of ketones is 1. The van der Waals surface area contributed by atoms with E-state index in [9.17, 15) is 57.8 Å². The highest BCUT2D eigenvalue weighted by Gasteiger charge is 2.42. The Balaban J connectivity index is 3.25. The number of nitrogens with zero attached hydrogens (tertiary/aromatic N) is 1. The molecule has 1 saturated heterocycles. The van der Waals surface area contributed by atoms with E-state index in [-0.39, 0.29) is 112 Å². The Hall–Kier alpha value is -5.75. The van der Waals surface area contributed by atoms with Crippen LogP contribution in [0.15, 0.2) is 0 Å². The van der Waals surface area contributed by atoms with Crippen molar-refractivity contribution in [1.82, 2.24) is 58.1 Å². The van der Waals surface area contributed by atoms with Gasteiger partial charge in [-0.2, -0.15) is 0 Å². The molecule has 0 aromatic heterocycles. The Labute approximate surface area is 487 Å². The van der Waals surface area contributed by atoms with Crippen molar-refractivity contribution in [2.24, 2.45) is 17.8 Å². The van der Waals surface area contributed by atoms with E-state index >= 15 is 0 Å². The first-order valence-corrected chi connectivity index (χ1v) is 29.7. The molecule has 0 aliphatic carbocycles. The zero-order valence-electron chi connectivity index (χ0n) is 52.0. The lowest BCUT2D eigenvalue weighted by molar-refractivity contribution is -0.141. The van der Waals surface area contributed by atoms with Crippen LogP contribution >= 0.6 is 0 Å². The van der Waals surface area contributed by atoms with Crippen LogP contribution in [0.1, 0.15) is 194 Å². The summed E-state index contributed by atoms with van der Waals surface area (Å²) < 4.78 is 0. The minimum atomic E-state index is -1.70. The van der Waals surface area contributed by atoms with E-state index in [1.54, 1.807) is 20.8 Å². The summed E-state index contributed by atoms with van der Waals surface area (Å²) >= 11 is 0. The molecule has 1 fully saturated rings. The van der Waals surface area contributed by atoms with Gasteiger partial charge in [-0.25, -0.2) is 0 Å². The maximum absolute atomic E-state index is 14.2. The van der Waals surface area contributed by atoms with Crippen LogP contribution in [0.2, 0.25) is 0 Å². The van der Waals surface area contributed by atoms with Crippen molar-refractivity contribution >= 4 is 64.9 Å². The van der Waals surface area contributed by atoms with Crippen molar-refractivity contribution in [3.8, 4) is 0 Å². The Morgan fingerprint density at radius 3 is 1.66 bits per heavy atom. The number of amides is 10. The van der Waals surface area contributed by atoms with Crippen LogP contribution in [0.5, 0.6) is 0 Å². The summed E-state index contributed by atoms with van der Waals surface area (Å²) in [7, 11) is 0. The lowest BCUT2D eigenvalue weighted by Crippen LogP contribution is -2.66. The van der Waals surface area contributed by atoms with Crippen molar-refractivity contribution < 1.29 is 63.0 Å². The molecule has 0 unspecified atom stereocenters. The van der Waals surface area contributed by atoms with E-state index in [0.717, 1.165) is 0 Å². The third-order valence-corrected chi connectivity index (χ3v) is 14.1. The molecule has 1 rings (SSSR count). The molecule has 24 heteroatoms. The first-order chi connectivity index (χ1) is 38.1. The summed E-state index contributed by atoms with van der Waals surface area (Å²) in [6.07, 6.45) is 2.84. The first kappa shape index (κ1) is 74.3. The zero-order chi connectivity index (χ0) is 62.7. The number of likely N-dealkylation sites (tertiary alicyclic amines) is 1. The van der Waals surface area contributed by atoms with Gasteiger partial charge in [-0.05, 0) is 118 Å². The molecule has 82 heavy (non-hydrogen) atoms. The third kappa shape index (κ3) is 27.1. The van der Waals surface area contributed by atoms with E-state index in [1.807, 2.05) is 41.5 Å². The summed E-state index contributed by atoms with van der Waals surface area (Å²) in [6.45, 7) is 26.2. The third-order valence-electron chi connectivity index (χ3n) is 14.1. The molecule has 0 aromatic rings. The SMILES string of the molecule is CCCC[C@H](NC(=O)C(C)(C)NC(=O)C(C)(C)NC(=O)[C@H](C[C@H](C)C[C@@H](O)CC(=O)CC)NC(=O)[C@@H]1CCCN1C(=O)CCC)C(=O)N[C@@H](CC(C)C)C(=O)NC(C)(C)C(=O)N[C@@H](CC(C)C)C(=O)NCCC(=O)N[C@@H](C)CNCCO. The van der Waals surface area contributed by atoms with E-state index in [2.05, 4.69) is 53.2 Å². The van der Waals surface area contributed by atoms with Crippen molar-refractivity contribution in [2.75, 3.05) is 32.8 Å². The second-order valence-electron chi connectivity index (χ2n) is 24.6. The Kier molecular flexibility index (Phi) is 32.7. The zero-order valence-corrected chi connectivity index (χ0v) is 52.0. The standard InChI is InChI=1S/C58H105N11O13/c1-16-19-22-41(49(76)62-43(30-36(6)7)50(77)66-56(10,11)53(80)65-42(29-35(4)5)48(75)60-25-24-46(73)61-38(9)34-59-26-28-70)64-54(81)57(12,13)68-55(82)58(14,15)67-51(78)44(32-37(8)31-40(72)33-39(71)18-3)63-52(79)45-23-20-27-69(45)47(74)21-17-2/h35-38,40-45,59,70,72H,16-34H2,1-15H3,(H,60,75)(H,61,73)(H,62,76)(H,63,79)(H,64,81)(H,65,80)(H,66,77)(H,67,78)(H,68,82)/t37-,38+,40-,41+,42+,43+,44+,45+/m1/s1. The number of Topliss-reactive ketones (excluding diaryl/α,β-unsaturated/α-hetero) is 1. The number of rotatable bonds is 39. The summed E-state index contributed by atoms with van der Waals surface area (Å²) in [5.41, 5.74) is -5.00. The van der Waals surface area contributed by atoms with Crippen molar-refractivity contribution in [2.45, 2.75) is 253 Å². The van der Waals surface area contributed by atoms with Gasteiger partial charge in [0.05, 0.1) is 12.7 Å². The maximum atomic E-state index is 14.2. The Morgan fingerprint density at radius 1 is 0.585 bits per heavy atom. The summed E-state index contributed by atoms with van der Waals surface area (Å²) in [5, 5.41) is 47.3. The molecular formula is C58H105N11O13. The lowest BCUT2D eigenvalue weighted by Gasteiger charge is -2.34. The molecule has 10 amide bonds. The van der Waals surface area contributed by atoms with Crippen molar-refractivity contribution in [1.29, 1.82) is 0 Å². The number of hydrogen-bond donors (Lipinski definition) is 12. The number of aliphatic hydroxyl groups excluding tert-OH is 2. The topological polar surface area (TPSA) is 352 Å². The van der Waals surface area contributed by atoms with Crippen LogP contribution in [-0.4, -0.2) is 172 Å². The van der Waals surface area contributed by atoms with Gasteiger partial charge in [-0.1, -0.05) is 68.2 Å². The van der Waals surface area contributed by atoms with Gasteiger partial charge in [0.1, 0.15) is 52.6 Å². The van der Waals surface area contributed by atoms with Crippen LogP contribution in [0.3, 0.4) is 0 Å². The molecule has 8 atom stereocenters. The highest BCUT2D eigenvalue weighted by atomic mass is 16.3. The number of carbonyl (C=O) groups is 11. The van der Waals surface area contributed by atoms with Gasteiger partial charge in [-0.15, -0.1) is 0 Å². The molecule has 12 N–H and O–H groups in total. The number of unbranched alkanes of at least 4 members (excludes halogenated alkanes) is 1. The highest BCUT2D eigenvalue weighted by molar-refractivity contribution is 6.00. The van der Waals surface area contributed by atoms with Crippen LogP contribution < -0.4 is 53.2 Å². The molecule has 1 aliphatic heterocycles. The average Bonchev–Trinajstić information content (AvgIpc) is 4.02. The number of carbonyl (C=O) groups excluding carboxylic acids is 11. The second kappa shape index (κ2) is 36.1. The van der Waals surface area contributed by atoms with Crippen LogP contribution in [0, 0.1) is 17.8 Å². The number of nitrogens with one attached hydrogen (secondary N) is 10. The van der Waals surface area contributed by atoms with Crippen LogP contribution in [0.4, 0.5) is 0 Å². The summed E-state index contributed by atoms with van der Waals surface area (Å²) in [4.78, 5) is 151. The van der Waals surface area contributed by atoms with E-state index in [1.165, 1.54) is 46.4 Å². The molecule has 0 aromatic carbocycles. The lowest BCUT2D eigenvalue weighted by atomic mass is 9.92. The predicted molar refractivity (Wildman–Crippen MR) is 312 cm³/mol. The summed E-state index contributed by atoms with van der Waals surface area (Å²) in [5.74, 6) is -6.58. The highest BCUT2D eigenvalue weighted by Crippen LogP contribution is 2.22. The summed E-state index contributed by atoms with van der Waals surface area (Å²) in [6, 6.07) is -5.63. The van der Waals surface area contributed by atoms with Crippen LogP contribution in [-0.2, 0) is 52.7 Å². The minimum Gasteiger partial charge on any atom is -0.395 e. The quantitative estimate of drug-likeness (QED) is 0.0388. The second-order valence-corrected chi connectivity index (χ2v) is 24.6. The average molecular weight is 1160 g/mol. The largest absolute Gasteiger partial charge is 0.395 e. The fourth-order valence-corrected chi connectivity index (χ4v) is 9.30. The smallest absolute Gasteiger partial charge is 0.246 e. The molecule has 0 bridgehead atoms. The van der Waals surface area contributed by atoms with E-state index < -0.39 is 100 Å². The number of hydrogen-bond acceptors (Lipinski definition) is 14. The normalized spacial score (nSPS) is 16.3. The van der Waals surface area contributed by atoms with Gasteiger partial charge >= 0.3 is 0 Å². The van der Waals surface area contributed by atoms with Crippen LogP contribution in [0.25, 0.3) is 0 Å². The molecular weight excluding hydrogens is 1060 g/mol. The molecule has 470 valence electrons. The monoisotopic (exact) mass is 1160 g/mol. The van der Waals surface area contributed by atoms with Gasteiger partial charge in [0.2, 0.25) is 59.1 Å². The van der Waals surface area contributed by atoms with Gasteiger partial charge in [0.15, 0.2) is 0 Å². The van der Waals surface area contributed by atoms with Gasteiger partial charge < -0.3 is 68.3 Å². The molecule has 0 saturated carbocycles. The van der Waals surface area contributed by atoms with Crippen molar-refractivity contribution in [3.63, 3.8) is 0 Å². The Bertz CT molecular complexity index is 2130. The van der Waals surface area contributed by atoms with Crippen molar-refractivity contribution in [3.05, 3.63) is 0 Å². The molecule has 1 aliphatic rings. The maximum Gasteiger partial charge on any atom is 0.246 e. The molecule has 0 radical (unpaired) electrons. The van der Waals surface area contributed by atoms with E-state index in [4.69, 9.17) is 5.11 Å². The van der Waals surface area contributed by atoms with Gasteiger partial charge in [0, 0.05) is 57.9 Å². The van der Waals surface area contributed by atoms with Gasteiger partial charge in [0.25, 0.3) is 0 Å². The predicted octanol–water partition coefficient (Wildman–Crippen LogP) is 1.42. The van der Waals surface area contributed by atoms with E-state index in [0.29, 0.717) is 51.7 Å². The minimum absolute atomic E-state index is 0.00136. The molecule has 24 nitrogen and oxygen atoms in total.